The second-order valence-electron chi connectivity index (χ2n) is 5.53. The van der Waals surface area contributed by atoms with Crippen molar-refractivity contribution in [1.82, 2.24) is 10.2 Å². The van der Waals surface area contributed by atoms with Gasteiger partial charge in [0.1, 0.15) is 5.75 Å². The van der Waals surface area contributed by atoms with Crippen molar-refractivity contribution in [3.8, 4) is 5.75 Å². The van der Waals surface area contributed by atoms with E-state index in [-0.39, 0.29) is 18.5 Å². The highest BCUT2D eigenvalue weighted by atomic mass is 79.9. The number of nitrogens with one attached hydrogen (secondary N) is 1. The summed E-state index contributed by atoms with van der Waals surface area (Å²) in [5.74, 6) is 0.455. The summed E-state index contributed by atoms with van der Waals surface area (Å²) < 4.78 is 6.60. The Hall–Kier alpha value is -1.86. The van der Waals surface area contributed by atoms with Crippen LogP contribution in [-0.2, 0) is 16.9 Å². The first-order chi connectivity index (χ1) is 11.1. The van der Waals surface area contributed by atoms with Gasteiger partial charge in [-0.3, -0.25) is 9.69 Å². The van der Waals surface area contributed by atoms with Gasteiger partial charge in [0.25, 0.3) is 5.91 Å². The summed E-state index contributed by atoms with van der Waals surface area (Å²) in [6.45, 7) is 0.688. The first-order valence-corrected chi connectivity index (χ1v) is 8.82. The summed E-state index contributed by atoms with van der Waals surface area (Å²) >= 11 is 4.92. The molecule has 1 atom stereocenters. The van der Waals surface area contributed by atoms with Crippen LogP contribution in [0.2, 0.25) is 0 Å². The standard InChI is InChI=1S/C16H13BrN2O3S/c17-13-6-5-10(23-13)9-19-14(20)16(18-15(19)21)7-8-22-12-4-2-1-3-11(12)16/h1-6H,7-9H2,(H,18,21). The molecule has 3 heterocycles. The normalized spacial score (nSPS) is 22.9. The molecule has 0 aliphatic carbocycles. The van der Waals surface area contributed by atoms with Gasteiger partial charge in [0.05, 0.1) is 16.9 Å². The predicted molar refractivity (Wildman–Crippen MR) is 89.3 cm³/mol. The van der Waals surface area contributed by atoms with Crippen LogP contribution in [0.1, 0.15) is 16.9 Å². The van der Waals surface area contributed by atoms with Crippen LogP contribution in [0.4, 0.5) is 4.79 Å². The zero-order chi connectivity index (χ0) is 16.0. The fourth-order valence-electron chi connectivity index (χ4n) is 3.11. The molecule has 118 valence electrons. The molecule has 1 aromatic heterocycles. The molecule has 0 radical (unpaired) electrons. The number of benzene rings is 1. The van der Waals surface area contributed by atoms with Crippen LogP contribution < -0.4 is 10.1 Å². The molecule has 4 rings (SSSR count). The highest BCUT2D eigenvalue weighted by Gasteiger charge is 2.54. The predicted octanol–water partition coefficient (Wildman–Crippen LogP) is 3.24. The molecule has 0 bridgehead atoms. The molecule has 1 fully saturated rings. The van der Waals surface area contributed by atoms with E-state index in [1.54, 1.807) is 0 Å². The Kier molecular flexibility index (Phi) is 3.42. The van der Waals surface area contributed by atoms with Gasteiger partial charge in [-0.25, -0.2) is 4.79 Å². The van der Waals surface area contributed by atoms with Crippen LogP contribution in [0.3, 0.4) is 0 Å². The van der Waals surface area contributed by atoms with E-state index in [0.29, 0.717) is 18.8 Å². The number of carbonyl (C=O) groups excluding carboxylic acids is 2. The average Bonchev–Trinajstić information content (AvgIpc) is 3.06. The molecular formula is C16H13BrN2O3S. The number of rotatable bonds is 2. The minimum absolute atomic E-state index is 0.206. The van der Waals surface area contributed by atoms with E-state index in [2.05, 4.69) is 21.2 Å². The van der Waals surface area contributed by atoms with Crippen molar-refractivity contribution in [2.45, 2.75) is 18.5 Å². The first kappa shape index (κ1) is 14.7. The van der Waals surface area contributed by atoms with E-state index < -0.39 is 5.54 Å². The summed E-state index contributed by atoms with van der Waals surface area (Å²) in [6, 6.07) is 10.9. The zero-order valence-electron chi connectivity index (χ0n) is 12.0. The molecule has 7 heteroatoms. The third kappa shape index (κ3) is 2.26. The molecule has 1 spiro atoms. The lowest BCUT2D eigenvalue weighted by molar-refractivity contribution is -0.133. The summed E-state index contributed by atoms with van der Waals surface area (Å²) in [5, 5.41) is 2.90. The van der Waals surface area contributed by atoms with Gasteiger partial charge >= 0.3 is 6.03 Å². The molecule has 2 aliphatic rings. The maximum Gasteiger partial charge on any atom is 0.325 e. The van der Waals surface area contributed by atoms with Crippen LogP contribution in [-0.4, -0.2) is 23.4 Å². The van der Waals surface area contributed by atoms with Crippen molar-refractivity contribution in [2.75, 3.05) is 6.61 Å². The zero-order valence-corrected chi connectivity index (χ0v) is 14.4. The van der Waals surface area contributed by atoms with Gasteiger partial charge in [-0.1, -0.05) is 18.2 Å². The highest BCUT2D eigenvalue weighted by molar-refractivity contribution is 9.11. The van der Waals surface area contributed by atoms with E-state index in [1.165, 1.54) is 16.2 Å². The molecule has 5 nitrogen and oxygen atoms in total. The molecule has 0 saturated carbocycles. The third-order valence-corrected chi connectivity index (χ3v) is 5.81. The van der Waals surface area contributed by atoms with E-state index >= 15 is 0 Å². The number of thiophene rings is 1. The first-order valence-electron chi connectivity index (χ1n) is 7.21. The minimum atomic E-state index is -1.000. The maximum atomic E-state index is 13.0. The number of hydrogen-bond donors (Lipinski definition) is 1. The molecule has 1 unspecified atom stereocenters. The van der Waals surface area contributed by atoms with E-state index in [1.807, 2.05) is 36.4 Å². The van der Waals surface area contributed by atoms with Crippen molar-refractivity contribution in [2.24, 2.45) is 0 Å². The van der Waals surface area contributed by atoms with Crippen molar-refractivity contribution in [3.63, 3.8) is 0 Å². The van der Waals surface area contributed by atoms with Gasteiger partial charge in [0, 0.05) is 16.9 Å². The van der Waals surface area contributed by atoms with Gasteiger partial charge < -0.3 is 10.1 Å². The third-order valence-electron chi connectivity index (χ3n) is 4.20. The summed E-state index contributed by atoms with van der Waals surface area (Å²) in [6.07, 6.45) is 0.444. The Bertz CT molecular complexity index is 806. The minimum Gasteiger partial charge on any atom is -0.493 e. The molecule has 1 N–H and O–H groups in total. The fraction of sp³-hybridized carbons (Fsp3) is 0.250. The number of para-hydroxylation sites is 1. The molecule has 23 heavy (non-hydrogen) atoms. The van der Waals surface area contributed by atoms with Crippen LogP contribution in [0.5, 0.6) is 5.75 Å². The van der Waals surface area contributed by atoms with Gasteiger partial charge in [-0.15, -0.1) is 11.3 Å². The molecule has 2 aromatic rings. The van der Waals surface area contributed by atoms with Gasteiger partial charge in [-0.2, -0.15) is 0 Å². The number of imide groups is 1. The number of fused-ring (bicyclic) bond motifs is 2. The summed E-state index contributed by atoms with van der Waals surface area (Å²) in [5.41, 5.74) is -0.264. The summed E-state index contributed by atoms with van der Waals surface area (Å²) in [7, 11) is 0. The average molecular weight is 393 g/mol. The Morgan fingerprint density at radius 3 is 2.87 bits per heavy atom. The highest BCUT2D eigenvalue weighted by Crippen LogP contribution is 2.41. The molecule has 3 amide bonds. The molecular weight excluding hydrogens is 380 g/mol. The van der Waals surface area contributed by atoms with Crippen molar-refractivity contribution < 1.29 is 14.3 Å². The van der Waals surface area contributed by atoms with E-state index in [4.69, 9.17) is 4.74 Å². The molecule has 2 aliphatic heterocycles. The number of urea groups is 1. The lowest BCUT2D eigenvalue weighted by Gasteiger charge is -2.33. The second kappa shape index (κ2) is 5.35. The van der Waals surface area contributed by atoms with Gasteiger partial charge in [0.15, 0.2) is 5.54 Å². The number of ether oxygens (including phenoxy) is 1. The smallest absolute Gasteiger partial charge is 0.325 e. The SMILES string of the molecule is O=C1NC2(CCOc3ccccc32)C(=O)N1Cc1ccc(Br)s1. The Morgan fingerprint density at radius 1 is 1.26 bits per heavy atom. The monoisotopic (exact) mass is 392 g/mol. The van der Waals surface area contributed by atoms with Crippen LogP contribution >= 0.6 is 27.3 Å². The number of amides is 3. The lowest BCUT2D eigenvalue weighted by atomic mass is 9.84. The largest absolute Gasteiger partial charge is 0.493 e. The van der Waals surface area contributed by atoms with E-state index in [0.717, 1.165) is 14.2 Å². The van der Waals surface area contributed by atoms with Crippen LogP contribution in [0.15, 0.2) is 40.2 Å². The fourth-order valence-corrected chi connectivity index (χ4v) is 4.58. The Balaban J connectivity index is 1.70. The lowest BCUT2D eigenvalue weighted by Crippen LogP contribution is -2.47. The van der Waals surface area contributed by atoms with Crippen LogP contribution in [0.25, 0.3) is 0 Å². The second-order valence-corrected chi connectivity index (χ2v) is 8.07. The maximum absolute atomic E-state index is 13.0. The quantitative estimate of drug-likeness (QED) is 0.798. The number of carbonyl (C=O) groups is 2. The van der Waals surface area contributed by atoms with Gasteiger partial charge in [0.2, 0.25) is 0 Å². The van der Waals surface area contributed by atoms with Crippen molar-refractivity contribution in [1.29, 1.82) is 0 Å². The van der Waals surface area contributed by atoms with Gasteiger partial charge in [-0.05, 0) is 34.1 Å². The Morgan fingerprint density at radius 2 is 2.09 bits per heavy atom. The Labute approximate surface area is 145 Å². The summed E-state index contributed by atoms with van der Waals surface area (Å²) in [4.78, 5) is 27.7. The molecule has 1 aromatic carbocycles. The van der Waals surface area contributed by atoms with Crippen LogP contribution in [0, 0.1) is 0 Å². The molecule has 1 saturated heterocycles. The number of nitrogens with zero attached hydrogens (tertiary/aromatic N) is 1. The number of hydrogen-bond acceptors (Lipinski definition) is 4. The number of halogens is 1. The topological polar surface area (TPSA) is 58.6 Å². The van der Waals surface area contributed by atoms with E-state index in [9.17, 15) is 9.59 Å². The van der Waals surface area contributed by atoms with Crippen molar-refractivity contribution >= 4 is 39.2 Å². The van der Waals surface area contributed by atoms with Crippen molar-refractivity contribution in [3.05, 3.63) is 50.6 Å².